The lowest BCUT2D eigenvalue weighted by Gasteiger charge is -2.20. The van der Waals surface area contributed by atoms with Gasteiger partial charge in [0.05, 0.1) is 17.2 Å². The quantitative estimate of drug-likeness (QED) is 0.137. The van der Waals surface area contributed by atoms with E-state index < -0.39 is 11.9 Å². The van der Waals surface area contributed by atoms with Crippen LogP contribution in [0.4, 0.5) is 0 Å². The van der Waals surface area contributed by atoms with Crippen LogP contribution in [0, 0.1) is 0 Å². The molecule has 0 aliphatic rings. The van der Waals surface area contributed by atoms with E-state index in [9.17, 15) is 19.8 Å². The number of unbranched alkanes of at least 4 members (excludes halogenated alkanes) is 16. The van der Waals surface area contributed by atoms with Crippen molar-refractivity contribution in [3.63, 3.8) is 0 Å². The van der Waals surface area contributed by atoms with Gasteiger partial charge in [0.15, 0.2) is 0 Å². The summed E-state index contributed by atoms with van der Waals surface area (Å²) in [7, 11) is 0. The van der Waals surface area contributed by atoms with Crippen molar-refractivity contribution in [1.82, 2.24) is 0 Å². The molecule has 0 aromatic heterocycles. The fraction of sp³-hybridized carbons (Fsp3) is 0.742. The van der Waals surface area contributed by atoms with E-state index in [2.05, 4.69) is 13.8 Å². The van der Waals surface area contributed by atoms with Crippen molar-refractivity contribution in [3.05, 3.63) is 29.3 Å². The molecular formula is C31H52O5. The van der Waals surface area contributed by atoms with Gasteiger partial charge in [-0.1, -0.05) is 117 Å². The zero-order valence-corrected chi connectivity index (χ0v) is 23.1. The Balaban J connectivity index is 2.54. The first kappa shape index (κ1) is 32.0. The van der Waals surface area contributed by atoms with Crippen molar-refractivity contribution >= 4 is 11.9 Å². The molecule has 0 amide bonds. The van der Waals surface area contributed by atoms with Crippen LogP contribution in [0.15, 0.2) is 18.2 Å². The minimum absolute atomic E-state index is 0.00945. The largest absolute Gasteiger partial charge is 0.490 e. The third kappa shape index (κ3) is 15.9. The van der Waals surface area contributed by atoms with E-state index >= 15 is 0 Å². The second kappa shape index (κ2) is 21.1. The molecule has 0 bridgehead atoms. The van der Waals surface area contributed by atoms with Crippen LogP contribution in [0.2, 0.25) is 0 Å². The fourth-order valence-electron chi connectivity index (χ4n) is 4.73. The maximum absolute atomic E-state index is 11.5. The third-order valence-corrected chi connectivity index (χ3v) is 6.96. The normalized spacial score (nSPS) is 11.2. The highest BCUT2D eigenvalue weighted by molar-refractivity contribution is 5.94. The van der Waals surface area contributed by atoms with Gasteiger partial charge in [-0.05, 0) is 43.9 Å². The van der Waals surface area contributed by atoms with Gasteiger partial charge >= 0.3 is 11.9 Å². The van der Waals surface area contributed by atoms with Crippen LogP contribution >= 0.6 is 0 Å². The highest BCUT2D eigenvalue weighted by atomic mass is 16.5. The van der Waals surface area contributed by atoms with Crippen LogP contribution in [0.3, 0.4) is 0 Å². The molecule has 0 fully saturated rings. The van der Waals surface area contributed by atoms with E-state index in [0.717, 1.165) is 25.7 Å². The summed E-state index contributed by atoms with van der Waals surface area (Å²) >= 11 is 0. The van der Waals surface area contributed by atoms with Crippen LogP contribution in [-0.4, -0.2) is 28.3 Å². The van der Waals surface area contributed by atoms with Crippen LogP contribution in [-0.2, 0) is 0 Å². The Kier molecular flexibility index (Phi) is 18.7. The van der Waals surface area contributed by atoms with Crippen LogP contribution in [0.1, 0.15) is 163 Å². The fourth-order valence-corrected chi connectivity index (χ4v) is 4.73. The Morgan fingerprint density at radius 1 is 0.583 bits per heavy atom. The van der Waals surface area contributed by atoms with Crippen molar-refractivity contribution in [2.24, 2.45) is 0 Å². The molecule has 5 nitrogen and oxygen atoms in total. The maximum Gasteiger partial charge on any atom is 0.335 e. The molecule has 0 unspecified atom stereocenters. The summed E-state index contributed by atoms with van der Waals surface area (Å²) in [6, 6.07) is 4.09. The van der Waals surface area contributed by atoms with Crippen molar-refractivity contribution in [2.75, 3.05) is 0 Å². The predicted octanol–water partition coefficient (Wildman–Crippen LogP) is 9.67. The summed E-state index contributed by atoms with van der Waals surface area (Å²) in [5.74, 6) is -1.93. The zero-order valence-electron chi connectivity index (χ0n) is 23.1. The summed E-state index contributed by atoms with van der Waals surface area (Å²) in [4.78, 5) is 23.0. The van der Waals surface area contributed by atoms with Gasteiger partial charge in [0.1, 0.15) is 5.75 Å². The van der Waals surface area contributed by atoms with Gasteiger partial charge in [-0.15, -0.1) is 0 Å². The number of carboxylic acids is 2. The summed E-state index contributed by atoms with van der Waals surface area (Å²) in [5, 5.41) is 18.8. The van der Waals surface area contributed by atoms with E-state index in [1.54, 1.807) is 0 Å². The summed E-state index contributed by atoms with van der Waals surface area (Å²) < 4.78 is 6.21. The molecule has 0 heterocycles. The zero-order chi connectivity index (χ0) is 26.4. The Morgan fingerprint density at radius 2 is 0.917 bits per heavy atom. The summed E-state index contributed by atoms with van der Waals surface area (Å²) in [6.45, 7) is 4.49. The topological polar surface area (TPSA) is 83.8 Å². The van der Waals surface area contributed by atoms with Gasteiger partial charge in [0.25, 0.3) is 0 Å². The van der Waals surface area contributed by atoms with Crippen molar-refractivity contribution in [3.8, 4) is 5.75 Å². The van der Waals surface area contributed by atoms with Gasteiger partial charge < -0.3 is 14.9 Å². The number of hydrogen-bond donors (Lipinski definition) is 2. The molecule has 0 spiro atoms. The van der Waals surface area contributed by atoms with E-state index in [0.29, 0.717) is 5.75 Å². The van der Waals surface area contributed by atoms with Crippen LogP contribution < -0.4 is 4.74 Å². The first-order valence-electron chi connectivity index (χ1n) is 14.8. The molecule has 0 atom stereocenters. The Labute approximate surface area is 220 Å². The third-order valence-electron chi connectivity index (χ3n) is 6.96. The molecule has 206 valence electrons. The predicted molar refractivity (Wildman–Crippen MR) is 148 cm³/mol. The molecule has 0 aliphatic heterocycles. The van der Waals surface area contributed by atoms with Gasteiger partial charge in [0, 0.05) is 0 Å². The SMILES string of the molecule is CCCCCCCCCCCC(CCCCCCCCCCC)Oc1cc(C(=O)O)cc(C(=O)O)c1. The van der Waals surface area contributed by atoms with Crippen molar-refractivity contribution in [2.45, 2.75) is 148 Å². The lowest BCUT2D eigenvalue weighted by Crippen LogP contribution is -2.17. The molecule has 0 radical (unpaired) electrons. The number of benzene rings is 1. The lowest BCUT2D eigenvalue weighted by molar-refractivity contribution is 0.0695. The van der Waals surface area contributed by atoms with Gasteiger partial charge in [0.2, 0.25) is 0 Å². The molecule has 0 aliphatic carbocycles. The Hall–Kier alpha value is -2.04. The second-order valence-corrected chi connectivity index (χ2v) is 10.3. The molecule has 1 aromatic rings. The van der Waals surface area contributed by atoms with Gasteiger partial charge in [-0.3, -0.25) is 0 Å². The number of carbonyl (C=O) groups is 2. The second-order valence-electron chi connectivity index (χ2n) is 10.3. The minimum Gasteiger partial charge on any atom is -0.490 e. The van der Waals surface area contributed by atoms with Gasteiger partial charge in [-0.2, -0.15) is 0 Å². The summed E-state index contributed by atoms with van der Waals surface area (Å²) in [5.41, 5.74) is -0.0930. The standard InChI is InChI=1S/C31H52O5/c1-3-5-7-9-11-13-15-17-19-21-28(22-20-18-16-14-12-10-8-6-4-2)36-29-24-26(30(32)33)23-27(25-29)31(34)35/h23-25,28H,3-22H2,1-2H3,(H,32,33)(H,34,35). The molecule has 0 saturated carbocycles. The van der Waals surface area contributed by atoms with Crippen LogP contribution in [0.25, 0.3) is 0 Å². The average molecular weight is 505 g/mol. The first-order valence-corrected chi connectivity index (χ1v) is 14.8. The minimum atomic E-state index is -1.14. The highest BCUT2D eigenvalue weighted by Crippen LogP contribution is 2.24. The van der Waals surface area contributed by atoms with Crippen molar-refractivity contribution < 1.29 is 24.5 Å². The molecule has 1 rings (SSSR count). The molecular weight excluding hydrogens is 452 g/mol. The number of carboxylic acid groups (broad SMARTS) is 2. The smallest absolute Gasteiger partial charge is 0.335 e. The lowest BCUT2D eigenvalue weighted by atomic mass is 10.0. The van der Waals surface area contributed by atoms with E-state index in [-0.39, 0.29) is 17.2 Å². The number of hydrogen-bond acceptors (Lipinski definition) is 3. The van der Waals surface area contributed by atoms with Gasteiger partial charge in [-0.25, -0.2) is 9.59 Å². The first-order chi connectivity index (χ1) is 17.5. The Bertz CT molecular complexity index is 661. The number of ether oxygens (including phenoxy) is 1. The van der Waals surface area contributed by atoms with E-state index in [1.165, 1.54) is 121 Å². The summed E-state index contributed by atoms with van der Waals surface area (Å²) in [6.07, 6.45) is 24.7. The maximum atomic E-state index is 11.5. The molecule has 1 aromatic carbocycles. The molecule has 36 heavy (non-hydrogen) atoms. The highest BCUT2D eigenvalue weighted by Gasteiger charge is 2.16. The molecule has 0 saturated heterocycles. The number of aromatic carboxylic acids is 2. The van der Waals surface area contributed by atoms with E-state index in [1.807, 2.05) is 0 Å². The molecule has 2 N–H and O–H groups in total. The monoisotopic (exact) mass is 504 g/mol. The average Bonchev–Trinajstić information content (AvgIpc) is 2.86. The van der Waals surface area contributed by atoms with Crippen LogP contribution in [0.5, 0.6) is 5.75 Å². The van der Waals surface area contributed by atoms with E-state index in [4.69, 9.17) is 4.74 Å². The Morgan fingerprint density at radius 3 is 1.25 bits per heavy atom. The number of rotatable bonds is 24. The van der Waals surface area contributed by atoms with Crippen molar-refractivity contribution in [1.29, 1.82) is 0 Å². The molecule has 5 heteroatoms.